The van der Waals surface area contributed by atoms with Gasteiger partial charge in [-0.2, -0.15) is 0 Å². The lowest BCUT2D eigenvalue weighted by Crippen LogP contribution is -2.46. The molecule has 0 aromatic carbocycles. The number of amides is 1. The number of ether oxygens (including phenoxy) is 2. The Labute approximate surface area is 142 Å². The van der Waals surface area contributed by atoms with E-state index in [2.05, 4.69) is 20.3 Å². The summed E-state index contributed by atoms with van der Waals surface area (Å²) in [4.78, 5) is 44.5. The minimum atomic E-state index is -1.75. The molecule has 0 bridgehead atoms. The summed E-state index contributed by atoms with van der Waals surface area (Å²) in [6, 6.07) is -1.75. The van der Waals surface area contributed by atoms with E-state index in [1.807, 2.05) is 0 Å². The van der Waals surface area contributed by atoms with Crippen molar-refractivity contribution < 1.29 is 28.7 Å². The van der Waals surface area contributed by atoms with E-state index in [1.54, 1.807) is 13.8 Å². The van der Waals surface area contributed by atoms with Gasteiger partial charge in [-0.15, -0.1) is 11.3 Å². The van der Waals surface area contributed by atoms with Gasteiger partial charge in [-0.1, -0.05) is 5.16 Å². The molecule has 11 heteroatoms. The van der Waals surface area contributed by atoms with Crippen molar-refractivity contribution in [2.24, 2.45) is 5.16 Å². The van der Waals surface area contributed by atoms with Gasteiger partial charge in [0.15, 0.2) is 10.8 Å². The highest BCUT2D eigenvalue weighted by Gasteiger charge is 2.35. The molecule has 131 valence electrons. The number of hydrogen-bond donors (Lipinski definition) is 1. The van der Waals surface area contributed by atoms with Crippen molar-refractivity contribution in [3.05, 3.63) is 11.1 Å². The monoisotopic (exact) mass is 357 g/mol. The smallest absolute Gasteiger partial charge is 0.342 e. The van der Waals surface area contributed by atoms with Crippen LogP contribution >= 0.6 is 11.3 Å². The Bertz CT molecular complexity index is 612. The van der Waals surface area contributed by atoms with Crippen LogP contribution < -0.4 is 11.1 Å². The average Bonchev–Trinajstić information content (AvgIpc) is 2.96. The summed E-state index contributed by atoms with van der Waals surface area (Å²) >= 11 is 1.08. The number of nitrogens with zero attached hydrogens (tertiary/aromatic N) is 3. The van der Waals surface area contributed by atoms with Crippen LogP contribution in [0.4, 0.5) is 5.13 Å². The predicted octanol–water partition coefficient (Wildman–Crippen LogP) is -0.298. The molecular formula is C13H17N4O6S. The van der Waals surface area contributed by atoms with Crippen molar-refractivity contribution >= 4 is 40.0 Å². The predicted molar refractivity (Wildman–Crippen MR) is 84.3 cm³/mol. The van der Waals surface area contributed by atoms with Crippen molar-refractivity contribution in [2.75, 3.05) is 26.1 Å². The normalized spacial score (nSPS) is 11.1. The molecule has 1 rings (SSSR count). The zero-order valence-corrected chi connectivity index (χ0v) is 14.2. The third kappa shape index (κ3) is 5.19. The van der Waals surface area contributed by atoms with E-state index in [1.165, 1.54) is 12.5 Å². The topological polar surface area (TPSA) is 144 Å². The molecule has 0 aliphatic carbocycles. The van der Waals surface area contributed by atoms with Crippen LogP contribution in [0.2, 0.25) is 0 Å². The number of nitrogen functional groups attached to an aromatic ring is 1. The van der Waals surface area contributed by atoms with Gasteiger partial charge in [0.2, 0.25) is 6.04 Å². The summed E-state index contributed by atoms with van der Waals surface area (Å²) in [5.41, 5.74) is 5.32. The fourth-order valence-corrected chi connectivity index (χ4v) is 2.05. The molecule has 1 amide bonds. The van der Waals surface area contributed by atoms with Crippen LogP contribution in [0.1, 0.15) is 19.5 Å². The second kappa shape index (κ2) is 9.45. The lowest BCUT2D eigenvalue weighted by Gasteiger charge is -2.13. The molecular weight excluding hydrogens is 340 g/mol. The van der Waals surface area contributed by atoms with Crippen LogP contribution in [0.25, 0.3) is 0 Å². The maximum atomic E-state index is 12.3. The van der Waals surface area contributed by atoms with Crippen molar-refractivity contribution in [1.82, 2.24) is 10.3 Å². The molecule has 10 nitrogen and oxygen atoms in total. The number of rotatable bonds is 8. The van der Waals surface area contributed by atoms with Crippen LogP contribution in [0.3, 0.4) is 0 Å². The van der Waals surface area contributed by atoms with Crippen LogP contribution in [0, 0.1) is 0 Å². The Kier molecular flexibility index (Phi) is 7.62. The highest BCUT2D eigenvalue weighted by atomic mass is 32.1. The Hall–Kier alpha value is -2.69. The van der Waals surface area contributed by atoms with Crippen LogP contribution in [-0.4, -0.2) is 54.9 Å². The van der Waals surface area contributed by atoms with Gasteiger partial charge >= 0.3 is 11.9 Å². The molecule has 0 aliphatic heterocycles. The molecule has 1 aromatic rings. The Morgan fingerprint density at radius 3 is 2.25 bits per heavy atom. The molecule has 0 fully saturated rings. The van der Waals surface area contributed by atoms with E-state index in [4.69, 9.17) is 15.2 Å². The number of thiazole rings is 1. The molecule has 0 atom stereocenters. The number of nitrogens with two attached hydrogens (primary N) is 1. The summed E-state index contributed by atoms with van der Waals surface area (Å²) < 4.78 is 9.46. The van der Waals surface area contributed by atoms with Crippen molar-refractivity contribution in [3.8, 4) is 0 Å². The van der Waals surface area contributed by atoms with E-state index in [9.17, 15) is 14.4 Å². The molecule has 1 radical (unpaired) electrons. The third-order valence-corrected chi connectivity index (χ3v) is 3.09. The largest absolute Gasteiger partial charge is 0.464 e. The highest BCUT2D eigenvalue weighted by molar-refractivity contribution is 7.13. The minimum absolute atomic E-state index is 0.0140. The number of anilines is 1. The van der Waals surface area contributed by atoms with Gasteiger partial charge in [0.25, 0.3) is 5.91 Å². The molecule has 24 heavy (non-hydrogen) atoms. The summed E-state index contributed by atoms with van der Waals surface area (Å²) in [6.07, 6.45) is 0. The van der Waals surface area contributed by atoms with E-state index in [0.717, 1.165) is 11.3 Å². The van der Waals surface area contributed by atoms with Gasteiger partial charge in [-0.25, -0.2) is 19.9 Å². The first-order valence-corrected chi connectivity index (χ1v) is 7.73. The van der Waals surface area contributed by atoms with Gasteiger partial charge in [0, 0.05) is 5.38 Å². The van der Waals surface area contributed by atoms with Gasteiger partial charge in [0.05, 0.1) is 13.2 Å². The standard InChI is InChI=1S/C13H17N4O6S/c1-4-22-11(19)9(12(20)23-5-2)16-10(18)8(17-21-3)7-6-24-13(14)15-7/h6,9H,4-5H2,1-3H3,(H2,14,15). The van der Waals surface area contributed by atoms with Crippen molar-refractivity contribution in [2.45, 2.75) is 19.9 Å². The molecule has 0 unspecified atom stereocenters. The minimum Gasteiger partial charge on any atom is -0.464 e. The summed E-state index contributed by atoms with van der Waals surface area (Å²) in [5.74, 6) is -2.99. The molecule has 0 aliphatic rings. The number of carbonyl (C=O) groups excluding carboxylic acids is 3. The second-order valence-corrected chi connectivity index (χ2v) is 4.92. The molecule has 0 saturated carbocycles. The summed E-state index contributed by atoms with van der Waals surface area (Å²) in [6.45, 7) is 3.13. The van der Waals surface area contributed by atoms with E-state index in [0.29, 0.717) is 0 Å². The van der Waals surface area contributed by atoms with Crippen LogP contribution in [0.15, 0.2) is 10.5 Å². The fourth-order valence-electron chi connectivity index (χ4n) is 1.51. The number of hydrogen-bond acceptors (Lipinski definition) is 10. The Morgan fingerprint density at radius 2 is 1.83 bits per heavy atom. The van der Waals surface area contributed by atoms with Gasteiger partial charge in [-0.3, -0.25) is 4.79 Å². The summed E-state index contributed by atoms with van der Waals surface area (Å²) in [5, 5.41) is 8.74. The number of carbonyl (C=O) groups is 3. The maximum absolute atomic E-state index is 12.3. The number of aromatic nitrogens is 1. The van der Waals surface area contributed by atoms with Gasteiger partial charge < -0.3 is 20.0 Å². The van der Waals surface area contributed by atoms with Gasteiger partial charge in [0.1, 0.15) is 12.8 Å². The fraction of sp³-hybridized carbons (Fsp3) is 0.462. The van der Waals surface area contributed by atoms with Crippen molar-refractivity contribution in [3.63, 3.8) is 0 Å². The molecule has 0 saturated heterocycles. The van der Waals surface area contributed by atoms with Gasteiger partial charge in [-0.05, 0) is 13.8 Å². The first-order valence-electron chi connectivity index (χ1n) is 6.85. The van der Waals surface area contributed by atoms with Crippen LogP contribution in [-0.2, 0) is 28.7 Å². The number of oxime groups is 1. The lowest BCUT2D eigenvalue weighted by atomic mass is 10.2. The third-order valence-electron chi connectivity index (χ3n) is 2.42. The second-order valence-electron chi connectivity index (χ2n) is 4.03. The number of esters is 2. The Morgan fingerprint density at radius 1 is 1.25 bits per heavy atom. The first-order chi connectivity index (χ1) is 11.4. The zero-order valence-electron chi connectivity index (χ0n) is 13.3. The highest BCUT2D eigenvalue weighted by Crippen LogP contribution is 2.13. The molecule has 1 heterocycles. The van der Waals surface area contributed by atoms with Crippen molar-refractivity contribution in [1.29, 1.82) is 0 Å². The maximum Gasteiger partial charge on any atom is 0.342 e. The first kappa shape index (κ1) is 19.4. The molecule has 2 N–H and O–H groups in total. The van der Waals surface area contributed by atoms with E-state index in [-0.39, 0.29) is 29.8 Å². The lowest BCUT2D eigenvalue weighted by molar-refractivity contribution is -0.159. The van der Waals surface area contributed by atoms with Crippen LogP contribution in [0.5, 0.6) is 0 Å². The average molecular weight is 357 g/mol. The molecule has 0 spiro atoms. The quantitative estimate of drug-likeness (QED) is 0.289. The van der Waals surface area contributed by atoms with E-state index >= 15 is 0 Å². The zero-order chi connectivity index (χ0) is 18.1. The Balaban J connectivity index is 3.01. The SMILES string of the molecule is CCOC(=O)C([N]C(=O)C(=NOC)c1csc(N)n1)C(=O)OCC. The summed E-state index contributed by atoms with van der Waals surface area (Å²) in [7, 11) is 1.22. The van der Waals surface area contributed by atoms with E-state index < -0.39 is 23.9 Å². The molecule has 1 aromatic heterocycles.